The Kier molecular flexibility index (Phi) is 6.36. The highest BCUT2D eigenvalue weighted by Crippen LogP contribution is 2.29. The number of fused-ring (bicyclic) bond motifs is 1. The van der Waals surface area contributed by atoms with Crippen LogP contribution in [0.5, 0.6) is 0 Å². The fourth-order valence-electron chi connectivity index (χ4n) is 3.61. The first-order valence-corrected chi connectivity index (χ1v) is 11.1. The molecule has 2 aromatic heterocycles. The van der Waals surface area contributed by atoms with Gasteiger partial charge in [-0.1, -0.05) is 25.1 Å². The lowest BCUT2D eigenvalue weighted by Crippen LogP contribution is -2.42. The minimum atomic E-state index is 0.186. The van der Waals surface area contributed by atoms with Crippen molar-refractivity contribution < 1.29 is 9.53 Å². The zero-order valence-corrected chi connectivity index (χ0v) is 17.5. The van der Waals surface area contributed by atoms with Crippen molar-refractivity contribution in [2.75, 3.05) is 44.3 Å². The van der Waals surface area contributed by atoms with Crippen molar-refractivity contribution in [3.05, 3.63) is 41.8 Å². The van der Waals surface area contributed by atoms with Gasteiger partial charge in [0, 0.05) is 38.0 Å². The van der Waals surface area contributed by atoms with Crippen LogP contribution in [0.15, 0.2) is 41.8 Å². The van der Waals surface area contributed by atoms with E-state index in [1.165, 1.54) is 0 Å². The maximum absolute atomic E-state index is 12.7. The molecule has 6 nitrogen and oxygen atoms in total. The molecule has 1 amide bonds. The second-order valence-corrected chi connectivity index (χ2v) is 8.04. The van der Waals surface area contributed by atoms with Gasteiger partial charge in [-0.2, -0.15) is 0 Å². The third-order valence-corrected chi connectivity index (χ3v) is 5.94. The summed E-state index contributed by atoms with van der Waals surface area (Å²) in [5, 5.41) is 3.07. The van der Waals surface area contributed by atoms with Gasteiger partial charge in [-0.05, 0) is 30.0 Å². The average Bonchev–Trinajstić information content (AvgIpc) is 3.31. The molecular formula is C22H26N4O2S. The molecule has 0 spiro atoms. The second kappa shape index (κ2) is 9.33. The number of hydrogen-bond acceptors (Lipinski definition) is 6. The molecule has 1 aliphatic rings. The molecule has 0 N–H and O–H groups in total. The van der Waals surface area contributed by atoms with Crippen LogP contribution in [-0.4, -0.2) is 60.2 Å². The first-order chi connectivity index (χ1) is 14.3. The van der Waals surface area contributed by atoms with Crippen LogP contribution in [-0.2, 0) is 9.53 Å². The Labute approximate surface area is 175 Å². The Morgan fingerprint density at radius 3 is 2.72 bits per heavy atom. The maximum atomic E-state index is 12.7. The number of carbonyl (C=O) groups excluding carboxylic acids is 1. The zero-order chi connectivity index (χ0) is 20.1. The first kappa shape index (κ1) is 19.8. The maximum Gasteiger partial charge on any atom is 0.224 e. The van der Waals surface area contributed by atoms with Crippen LogP contribution >= 0.6 is 11.3 Å². The molecule has 0 saturated carbocycles. The van der Waals surface area contributed by atoms with Crippen molar-refractivity contribution in [3.63, 3.8) is 0 Å². The van der Waals surface area contributed by atoms with Gasteiger partial charge >= 0.3 is 0 Å². The number of nitrogens with zero attached hydrogens (tertiary/aromatic N) is 4. The quantitative estimate of drug-likeness (QED) is 0.593. The van der Waals surface area contributed by atoms with Gasteiger partial charge in [0.05, 0.1) is 23.6 Å². The van der Waals surface area contributed by atoms with Gasteiger partial charge in [-0.25, -0.2) is 9.97 Å². The monoisotopic (exact) mass is 410 g/mol. The molecule has 1 aliphatic heterocycles. The molecule has 0 unspecified atom stereocenters. The largest absolute Gasteiger partial charge is 0.378 e. The van der Waals surface area contributed by atoms with Crippen molar-refractivity contribution >= 4 is 34.0 Å². The Balaban J connectivity index is 1.62. The molecule has 0 bridgehead atoms. The van der Waals surface area contributed by atoms with Crippen LogP contribution in [0.3, 0.4) is 0 Å². The van der Waals surface area contributed by atoms with E-state index < -0.39 is 0 Å². The van der Waals surface area contributed by atoms with E-state index in [1.54, 1.807) is 11.3 Å². The number of benzene rings is 1. The number of aromatic nitrogens is 2. The molecule has 4 rings (SSSR count). The predicted octanol–water partition coefficient (Wildman–Crippen LogP) is 3.82. The Morgan fingerprint density at radius 1 is 1.14 bits per heavy atom. The molecule has 0 radical (unpaired) electrons. The fourth-order valence-corrected chi connectivity index (χ4v) is 4.27. The van der Waals surface area contributed by atoms with Gasteiger partial charge in [0.25, 0.3) is 0 Å². The van der Waals surface area contributed by atoms with Crippen molar-refractivity contribution in [1.82, 2.24) is 14.9 Å². The molecule has 3 aromatic rings. The topological polar surface area (TPSA) is 58.6 Å². The Bertz CT molecular complexity index is 955. The molecular weight excluding hydrogens is 384 g/mol. The summed E-state index contributed by atoms with van der Waals surface area (Å²) in [6, 6.07) is 12.2. The fraction of sp³-hybridized carbons (Fsp3) is 0.409. The van der Waals surface area contributed by atoms with Crippen LogP contribution in [0.1, 0.15) is 19.8 Å². The summed E-state index contributed by atoms with van der Waals surface area (Å²) in [4.78, 5) is 27.6. The highest BCUT2D eigenvalue weighted by molar-refractivity contribution is 7.13. The SMILES string of the molecule is CCCN(CCC(=O)N1CCOCC1)c1nc(-c2cccs2)nc2ccccc12. The number of thiophene rings is 1. The molecule has 7 heteroatoms. The van der Waals surface area contributed by atoms with Crippen LogP contribution in [0, 0.1) is 0 Å². The molecule has 0 aliphatic carbocycles. The van der Waals surface area contributed by atoms with E-state index in [2.05, 4.69) is 17.9 Å². The van der Waals surface area contributed by atoms with Crippen LogP contribution in [0.25, 0.3) is 21.6 Å². The van der Waals surface area contributed by atoms with Gasteiger partial charge < -0.3 is 14.5 Å². The molecule has 1 fully saturated rings. The number of amides is 1. The van der Waals surface area contributed by atoms with Crippen LogP contribution in [0.4, 0.5) is 5.82 Å². The highest BCUT2D eigenvalue weighted by atomic mass is 32.1. The summed E-state index contributed by atoms with van der Waals surface area (Å²) in [5.41, 5.74) is 0.932. The molecule has 0 atom stereocenters. The molecule has 1 saturated heterocycles. The number of anilines is 1. The number of rotatable bonds is 7. The smallest absolute Gasteiger partial charge is 0.224 e. The van der Waals surface area contributed by atoms with E-state index in [0.29, 0.717) is 39.3 Å². The zero-order valence-electron chi connectivity index (χ0n) is 16.7. The number of carbonyl (C=O) groups is 1. The summed E-state index contributed by atoms with van der Waals surface area (Å²) in [7, 11) is 0. The van der Waals surface area contributed by atoms with Gasteiger partial charge in [-0.3, -0.25) is 4.79 Å². The summed E-state index contributed by atoms with van der Waals surface area (Å²) >= 11 is 1.64. The van der Waals surface area contributed by atoms with Gasteiger partial charge in [0.2, 0.25) is 5.91 Å². The number of ether oxygens (including phenoxy) is 1. The standard InChI is InChI=1S/C22H26N4O2S/c1-2-10-26(11-9-20(27)25-12-14-28-15-13-25)22-17-6-3-4-7-18(17)23-21(24-22)19-8-5-16-29-19/h3-8,16H,2,9-15H2,1H3. The lowest BCUT2D eigenvalue weighted by molar-refractivity contribution is -0.135. The summed E-state index contributed by atoms with van der Waals surface area (Å²) in [6.45, 7) is 6.28. The minimum absolute atomic E-state index is 0.186. The van der Waals surface area contributed by atoms with Gasteiger partial charge in [0.15, 0.2) is 5.82 Å². The first-order valence-electron chi connectivity index (χ1n) is 10.2. The van der Waals surface area contributed by atoms with E-state index in [4.69, 9.17) is 14.7 Å². The average molecular weight is 411 g/mol. The van der Waals surface area contributed by atoms with Crippen molar-refractivity contribution in [1.29, 1.82) is 0 Å². The van der Waals surface area contributed by atoms with Crippen molar-refractivity contribution in [3.8, 4) is 10.7 Å². The molecule has 3 heterocycles. The normalized spacial score (nSPS) is 14.3. The Morgan fingerprint density at radius 2 is 1.97 bits per heavy atom. The third kappa shape index (κ3) is 4.57. The summed E-state index contributed by atoms with van der Waals surface area (Å²) in [5.74, 6) is 1.84. The molecule has 29 heavy (non-hydrogen) atoms. The minimum Gasteiger partial charge on any atom is -0.378 e. The number of hydrogen-bond donors (Lipinski definition) is 0. The van der Waals surface area contributed by atoms with Crippen LogP contribution in [0.2, 0.25) is 0 Å². The number of morpholine rings is 1. The molecule has 152 valence electrons. The summed E-state index contributed by atoms with van der Waals surface area (Å²) < 4.78 is 5.36. The van der Waals surface area contributed by atoms with Gasteiger partial charge in [-0.15, -0.1) is 11.3 Å². The van der Waals surface area contributed by atoms with Crippen molar-refractivity contribution in [2.45, 2.75) is 19.8 Å². The van der Waals surface area contributed by atoms with Crippen LogP contribution < -0.4 is 4.90 Å². The van der Waals surface area contributed by atoms with Gasteiger partial charge in [0.1, 0.15) is 5.82 Å². The number of para-hydroxylation sites is 1. The third-order valence-electron chi connectivity index (χ3n) is 5.08. The lowest BCUT2D eigenvalue weighted by Gasteiger charge is -2.29. The van der Waals surface area contributed by atoms with E-state index in [-0.39, 0.29) is 5.91 Å². The Hall–Kier alpha value is -2.51. The predicted molar refractivity (Wildman–Crippen MR) is 117 cm³/mol. The van der Waals surface area contributed by atoms with E-state index in [9.17, 15) is 4.79 Å². The van der Waals surface area contributed by atoms with E-state index in [1.807, 2.05) is 40.6 Å². The van der Waals surface area contributed by atoms with Crippen molar-refractivity contribution in [2.24, 2.45) is 0 Å². The van der Waals surface area contributed by atoms with E-state index in [0.717, 1.165) is 40.4 Å². The van der Waals surface area contributed by atoms with E-state index >= 15 is 0 Å². The summed E-state index contributed by atoms with van der Waals surface area (Å²) in [6.07, 6.45) is 1.46. The highest BCUT2D eigenvalue weighted by Gasteiger charge is 2.20. The molecule has 1 aromatic carbocycles. The second-order valence-electron chi connectivity index (χ2n) is 7.10. The lowest BCUT2D eigenvalue weighted by atomic mass is 10.2.